The number of nitrogens with one attached hydrogen (secondary N) is 2. The minimum Gasteiger partial charge on any atom is -0.392 e. The molecule has 218 valence electrons. The summed E-state index contributed by atoms with van der Waals surface area (Å²) in [6, 6.07) is 21.4. The lowest BCUT2D eigenvalue weighted by Gasteiger charge is -2.41. The molecule has 8 nitrogen and oxygen atoms in total. The summed E-state index contributed by atoms with van der Waals surface area (Å²) in [5.41, 5.74) is 3.49. The number of rotatable bonds is 13. The van der Waals surface area contributed by atoms with Gasteiger partial charge in [0.2, 0.25) is 11.8 Å². The van der Waals surface area contributed by atoms with E-state index in [1.165, 1.54) is 6.92 Å². The molecule has 1 aliphatic heterocycles. The first kappa shape index (κ1) is 30.7. The van der Waals surface area contributed by atoms with Crippen LogP contribution in [0, 0.1) is 5.92 Å². The van der Waals surface area contributed by atoms with E-state index in [4.69, 9.17) is 9.47 Å². The second kappa shape index (κ2) is 15.7. The van der Waals surface area contributed by atoms with Gasteiger partial charge in [0.15, 0.2) is 6.29 Å². The standard InChI is InChI=1S/C32H39N3O5S/c1-22-28(21-41-30-9-5-7-19-34-30)39-32(40-31(22)25-12-10-24(20-36)11-13-25)26-14-16-27(17-15-26)35-29(38)8-4-3-6-18-33-23(2)37/h5,7,9-17,19,22,28,31-32,36H,3-4,6,8,18,20-21H2,1-2H3,(H,33,37)(H,35,38)/t22-,28+,31+,32+/m0/s1. The molecule has 0 unspecified atom stereocenters. The molecule has 1 aromatic heterocycles. The first-order valence-electron chi connectivity index (χ1n) is 14.1. The SMILES string of the molecule is CC(=O)NCCCCCC(=O)Nc1ccc([C@@H]2O[C@H](CSc3ccccn3)[C@H](C)[C@H](c3ccc(CO)cc3)O2)cc1. The molecule has 0 aliphatic carbocycles. The summed E-state index contributed by atoms with van der Waals surface area (Å²) in [4.78, 5) is 27.8. The van der Waals surface area contributed by atoms with Gasteiger partial charge in [-0.3, -0.25) is 9.59 Å². The molecule has 0 bridgehead atoms. The average molecular weight is 578 g/mol. The van der Waals surface area contributed by atoms with Gasteiger partial charge in [0, 0.05) is 49.0 Å². The van der Waals surface area contributed by atoms with Gasteiger partial charge in [0.1, 0.15) is 0 Å². The predicted molar refractivity (Wildman–Crippen MR) is 160 cm³/mol. The van der Waals surface area contributed by atoms with Crippen LogP contribution in [-0.2, 0) is 25.7 Å². The van der Waals surface area contributed by atoms with Crippen molar-refractivity contribution in [1.82, 2.24) is 10.3 Å². The maximum absolute atomic E-state index is 12.4. The molecule has 1 aliphatic rings. The first-order chi connectivity index (χ1) is 19.9. The van der Waals surface area contributed by atoms with E-state index in [0.29, 0.717) is 13.0 Å². The lowest BCUT2D eigenvalue weighted by molar-refractivity contribution is -0.268. The minimum atomic E-state index is -0.573. The third-order valence-electron chi connectivity index (χ3n) is 7.08. The van der Waals surface area contributed by atoms with E-state index in [0.717, 1.165) is 52.4 Å². The van der Waals surface area contributed by atoms with Crippen molar-refractivity contribution in [3.8, 4) is 0 Å². The van der Waals surface area contributed by atoms with Crippen molar-refractivity contribution in [3.05, 3.63) is 89.6 Å². The maximum atomic E-state index is 12.4. The van der Waals surface area contributed by atoms with Crippen LogP contribution in [0.1, 0.15) is 68.6 Å². The predicted octanol–water partition coefficient (Wildman–Crippen LogP) is 5.79. The Labute approximate surface area is 246 Å². The van der Waals surface area contributed by atoms with Crippen molar-refractivity contribution in [2.75, 3.05) is 17.6 Å². The van der Waals surface area contributed by atoms with Crippen molar-refractivity contribution in [1.29, 1.82) is 0 Å². The number of carbonyl (C=O) groups is 2. The lowest BCUT2D eigenvalue weighted by atomic mass is 9.91. The fraction of sp³-hybridized carbons (Fsp3) is 0.406. The van der Waals surface area contributed by atoms with Gasteiger partial charge in [-0.05, 0) is 48.2 Å². The van der Waals surface area contributed by atoms with E-state index < -0.39 is 6.29 Å². The van der Waals surface area contributed by atoms with Crippen LogP contribution < -0.4 is 10.6 Å². The Balaban J connectivity index is 1.39. The topological polar surface area (TPSA) is 110 Å². The van der Waals surface area contributed by atoms with Crippen molar-refractivity contribution >= 4 is 29.3 Å². The summed E-state index contributed by atoms with van der Waals surface area (Å²) in [7, 11) is 0. The Morgan fingerprint density at radius 2 is 1.71 bits per heavy atom. The quantitative estimate of drug-likeness (QED) is 0.174. The Kier molecular flexibility index (Phi) is 11.7. The van der Waals surface area contributed by atoms with E-state index in [-0.39, 0.29) is 36.5 Å². The first-order valence-corrected chi connectivity index (χ1v) is 15.1. The number of unbranched alkanes of at least 4 members (excludes halogenated alkanes) is 2. The zero-order valence-corrected chi connectivity index (χ0v) is 24.4. The van der Waals surface area contributed by atoms with Gasteiger partial charge in [-0.2, -0.15) is 0 Å². The number of aliphatic hydroxyl groups excluding tert-OH is 1. The summed E-state index contributed by atoms with van der Waals surface area (Å²) in [6.07, 6.45) is 3.87. The van der Waals surface area contributed by atoms with Crippen LogP contribution in [-0.4, -0.2) is 40.3 Å². The van der Waals surface area contributed by atoms with Crippen LogP contribution in [0.3, 0.4) is 0 Å². The number of carbonyl (C=O) groups excluding carboxylic acids is 2. The van der Waals surface area contributed by atoms with Crippen LogP contribution in [0.5, 0.6) is 0 Å². The van der Waals surface area contributed by atoms with E-state index in [1.54, 1.807) is 18.0 Å². The summed E-state index contributed by atoms with van der Waals surface area (Å²) in [5, 5.41) is 16.1. The lowest BCUT2D eigenvalue weighted by Crippen LogP contribution is -2.38. The molecule has 0 saturated carbocycles. The maximum Gasteiger partial charge on any atom is 0.224 e. The second-order valence-corrected chi connectivity index (χ2v) is 11.3. The van der Waals surface area contributed by atoms with Gasteiger partial charge in [-0.25, -0.2) is 4.98 Å². The summed E-state index contributed by atoms with van der Waals surface area (Å²) in [6.45, 7) is 4.28. The number of thioether (sulfide) groups is 1. The molecule has 2 amide bonds. The van der Waals surface area contributed by atoms with Crippen LogP contribution in [0.4, 0.5) is 5.69 Å². The van der Waals surface area contributed by atoms with Crippen LogP contribution >= 0.6 is 11.8 Å². The number of aliphatic hydroxyl groups is 1. The normalized spacial score (nSPS) is 20.4. The number of hydrogen-bond acceptors (Lipinski definition) is 7. The highest BCUT2D eigenvalue weighted by atomic mass is 32.2. The van der Waals surface area contributed by atoms with E-state index in [2.05, 4.69) is 22.5 Å². The Morgan fingerprint density at radius 3 is 2.39 bits per heavy atom. The number of anilines is 1. The van der Waals surface area contributed by atoms with Crippen molar-refractivity contribution in [3.63, 3.8) is 0 Å². The van der Waals surface area contributed by atoms with Crippen LogP contribution in [0.15, 0.2) is 78.0 Å². The Bertz CT molecular complexity index is 1240. The number of aromatic nitrogens is 1. The molecule has 4 atom stereocenters. The average Bonchev–Trinajstić information content (AvgIpc) is 2.99. The minimum absolute atomic E-state index is 0.00206. The fourth-order valence-electron chi connectivity index (χ4n) is 4.71. The molecule has 2 aromatic carbocycles. The number of nitrogens with zero attached hydrogens (tertiary/aromatic N) is 1. The van der Waals surface area contributed by atoms with Gasteiger partial charge in [0.05, 0.1) is 23.8 Å². The van der Waals surface area contributed by atoms with Gasteiger partial charge >= 0.3 is 0 Å². The Hall–Kier alpha value is -3.24. The van der Waals surface area contributed by atoms with E-state index >= 15 is 0 Å². The number of pyridine rings is 1. The van der Waals surface area contributed by atoms with E-state index in [1.807, 2.05) is 66.7 Å². The zero-order chi connectivity index (χ0) is 29.0. The van der Waals surface area contributed by atoms with Gasteiger partial charge in [-0.15, -0.1) is 11.8 Å². The summed E-state index contributed by atoms with van der Waals surface area (Å²) < 4.78 is 13.0. The number of benzene rings is 2. The number of hydrogen-bond donors (Lipinski definition) is 3. The number of ether oxygens (including phenoxy) is 2. The molecule has 0 radical (unpaired) electrons. The third kappa shape index (κ3) is 9.39. The summed E-state index contributed by atoms with van der Waals surface area (Å²) >= 11 is 1.66. The molecule has 4 rings (SSSR count). The van der Waals surface area contributed by atoms with Crippen molar-refractivity contribution < 1.29 is 24.2 Å². The second-order valence-electron chi connectivity index (χ2n) is 10.3. The molecule has 3 N–H and O–H groups in total. The van der Waals surface area contributed by atoms with Gasteiger partial charge in [-0.1, -0.05) is 55.8 Å². The van der Waals surface area contributed by atoms with Crippen LogP contribution in [0.25, 0.3) is 0 Å². The monoisotopic (exact) mass is 577 g/mol. The smallest absolute Gasteiger partial charge is 0.224 e. The van der Waals surface area contributed by atoms with E-state index in [9.17, 15) is 14.7 Å². The van der Waals surface area contributed by atoms with Crippen molar-refractivity contribution in [2.24, 2.45) is 5.92 Å². The number of amides is 2. The molecule has 3 aromatic rings. The third-order valence-corrected chi connectivity index (χ3v) is 8.11. The molecule has 41 heavy (non-hydrogen) atoms. The fourth-order valence-corrected chi connectivity index (χ4v) is 5.74. The van der Waals surface area contributed by atoms with Gasteiger partial charge < -0.3 is 25.2 Å². The molecule has 0 spiro atoms. The van der Waals surface area contributed by atoms with Crippen molar-refractivity contribution in [2.45, 2.75) is 69.7 Å². The highest BCUT2D eigenvalue weighted by molar-refractivity contribution is 7.99. The van der Waals surface area contributed by atoms with Gasteiger partial charge in [0.25, 0.3) is 0 Å². The molecule has 9 heteroatoms. The molecular formula is C32H39N3O5S. The molecule has 1 saturated heterocycles. The summed E-state index contributed by atoms with van der Waals surface area (Å²) in [5.74, 6) is 0.742. The molecular weight excluding hydrogens is 538 g/mol. The molecule has 1 fully saturated rings. The highest BCUT2D eigenvalue weighted by Gasteiger charge is 2.38. The zero-order valence-electron chi connectivity index (χ0n) is 23.6. The molecule has 2 heterocycles. The Morgan fingerprint density at radius 1 is 0.951 bits per heavy atom. The van der Waals surface area contributed by atoms with Crippen LogP contribution in [0.2, 0.25) is 0 Å². The highest BCUT2D eigenvalue weighted by Crippen LogP contribution is 2.43. The largest absolute Gasteiger partial charge is 0.392 e.